The van der Waals surface area contributed by atoms with Gasteiger partial charge in [0.15, 0.2) is 0 Å². The molecular formula is C25H34N6O3. The normalized spacial score (nSPS) is 18.6. The molecule has 0 atom stereocenters. The van der Waals surface area contributed by atoms with Crippen LogP contribution in [0, 0.1) is 0 Å². The van der Waals surface area contributed by atoms with Crippen LogP contribution in [-0.4, -0.2) is 78.2 Å². The monoisotopic (exact) mass is 466 g/mol. The van der Waals surface area contributed by atoms with Gasteiger partial charge in [0, 0.05) is 44.2 Å². The second kappa shape index (κ2) is 10.4. The topological polar surface area (TPSA) is 106 Å². The van der Waals surface area contributed by atoms with Gasteiger partial charge in [-0.1, -0.05) is 6.07 Å². The zero-order valence-corrected chi connectivity index (χ0v) is 20.2. The van der Waals surface area contributed by atoms with E-state index >= 15 is 0 Å². The molecule has 2 saturated heterocycles. The van der Waals surface area contributed by atoms with Crippen molar-refractivity contribution in [3.63, 3.8) is 0 Å². The molecule has 1 aromatic carbocycles. The molecule has 0 radical (unpaired) electrons. The summed E-state index contributed by atoms with van der Waals surface area (Å²) >= 11 is 0. The Bertz CT molecular complexity index is 1060. The zero-order chi connectivity index (χ0) is 24.1. The molecular weight excluding hydrogens is 432 g/mol. The van der Waals surface area contributed by atoms with Crippen molar-refractivity contribution in [3.05, 3.63) is 36.3 Å². The van der Waals surface area contributed by atoms with Crippen LogP contribution in [0.2, 0.25) is 0 Å². The molecule has 1 amide bonds. The fourth-order valence-electron chi connectivity index (χ4n) is 4.12. The Morgan fingerprint density at radius 3 is 2.62 bits per heavy atom. The van der Waals surface area contributed by atoms with Crippen molar-refractivity contribution in [1.29, 1.82) is 0 Å². The molecule has 1 aromatic heterocycles. The maximum atomic E-state index is 12.3. The van der Waals surface area contributed by atoms with Gasteiger partial charge in [-0.3, -0.25) is 9.98 Å². The number of nitrogens with two attached hydrogens (primary N) is 1. The van der Waals surface area contributed by atoms with Gasteiger partial charge in [-0.25, -0.2) is 9.78 Å². The Labute approximate surface area is 200 Å². The molecule has 2 fully saturated rings. The number of fused-ring (bicyclic) bond motifs is 1. The van der Waals surface area contributed by atoms with E-state index in [1.165, 1.54) is 6.20 Å². The van der Waals surface area contributed by atoms with E-state index in [1.807, 2.05) is 32.9 Å². The standard InChI is InChI=1S/C25H34N6O3/c1-25(2,3)34-24(32)31-9-7-19(8-10-31)27-16-18(15-26)21-17-28-20-5-4-6-22(23(20)29-21)30-11-13-33-14-12-30/h4-6,15-17,19H,7-14,26H2,1-3H3. The molecule has 4 rings (SSSR count). The molecule has 2 aromatic rings. The molecule has 2 aliphatic rings. The lowest BCUT2D eigenvalue weighted by Gasteiger charge is -2.32. The van der Waals surface area contributed by atoms with E-state index in [-0.39, 0.29) is 12.1 Å². The van der Waals surface area contributed by atoms with Crippen LogP contribution in [0.25, 0.3) is 16.6 Å². The second-order valence-electron chi connectivity index (χ2n) is 9.60. The van der Waals surface area contributed by atoms with Crippen LogP contribution in [0.1, 0.15) is 39.3 Å². The summed E-state index contributed by atoms with van der Waals surface area (Å²) in [4.78, 5) is 30.6. The van der Waals surface area contributed by atoms with Crippen LogP contribution in [0.15, 0.2) is 35.6 Å². The number of morpholine rings is 1. The molecule has 0 unspecified atom stereocenters. The Kier molecular flexibility index (Phi) is 7.31. The molecule has 0 bridgehead atoms. The zero-order valence-electron chi connectivity index (χ0n) is 20.2. The Morgan fingerprint density at radius 2 is 1.94 bits per heavy atom. The van der Waals surface area contributed by atoms with E-state index < -0.39 is 5.60 Å². The van der Waals surface area contributed by atoms with Gasteiger partial charge in [0.2, 0.25) is 0 Å². The number of carbonyl (C=O) groups excluding carboxylic acids is 1. The molecule has 9 nitrogen and oxygen atoms in total. The van der Waals surface area contributed by atoms with Gasteiger partial charge in [-0.15, -0.1) is 0 Å². The second-order valence-corrected chi connectivity index (χ2v) is 9.60. The van der Waals surface area contributed by atoms with Crippen LogP contribution in [-0.2, 0) is 9.47 Å². The number of ether oxygens (including phenoxy) is 2. The van der Waals surface area contributed by atoms with E-state index in [4.69, 9.17) is 25.2 Å². The van der Waals surface area contributed by atoms with Crippen LogP contribution >= 0.6 is 0 Å². The lowest BCUT2D eigenvalue weighted by molar-refractivity contribution is 0.0207. The number of carbonyl (C=O) groups is 1. The van der Waals surface area contributed by atoms with Gasteiger partial charge in [0.1, 0.15) is 11.1 Å². The number of para-hydroxylation sites is 1. The van der Waals surface area contributed by atoms with Gasteiger partial charge in [-0.2, -0.15) is 0 Å². The fourth-order valence-corrected chi connectivity index (χ4v) is 4.12. The summed E-state index contributed by atoms with van der Waals surface area (Å²) in [5.74, 6) is 0. The number of anilines is 1. The number of aliphatic imine (C=N–C) groups is 1. The summed E-state index contributed by atoms with van der Waals surface area (Å²) in [5, 5.41) is 0. The SMILES string of the molecule is CC(C)(C)OC(=O)N1CCC(N=CC(=CN)c2cnc3cccc(N4CCOCC4)c3n2)CC1. The number of benzene rings is 1. The Balaban J connectivity index is 1.45. The first kappa shape index (κ1) is 23.9. The van der Waals surface area contributed by atoms with Crippen LogP contribution in [0.3, 0.4) is 0 Å². The van der Waals surface area contributed by atoms with Gasteiger partial charge in [-0.05, 0) is 45.7 Å². The van der Waals surface area contributed by atoms with E-state index in [1.54, 1.807) is 17.3 Å². The van der Waals surface area contributed by atoms with Crippen molar-refractivity contribution in [3.8, 4) is 0 Å². The highest BCUT2D eigenvalue weighted by molar-refractivity contribution is 6.09. The lowest BCUT2D eigenvalue weighted by Crippen LogP contribution is -2.42. The highest BCUT2D eigenvalue weighted by Crippen LogP contribution is 2.26. The molecule has 0 saturated carbocycles. The summed E-state index contributed by atoms with van der Waals surface area (Å²) in [6, 6.07) is 6.16. The number of piperidine rings is 1. The third-order valence-corrected chi connectivity index (χ3v) is 5.92. The van der Waals surface area contributed by atoms with Gasteiger partial charge >= 0.3 is 6.09 Å². The first-order valence-corrected chi connectivity index (χ1v) is 11.9. The summed E-state index contributed by atoms with van der Waals surface area (Å²) in [6.07, 6.45) is 6.32. The minimum absolute atomic E-state index is 0.117. The molecule has 9 heteroatoms. The van der Waals surface area contributed by atoms with Crippen LogP contribution < -0.4 is 10.6 Å². The maximum absolute atomic E-state index is 12.3. The number of hydrogen-bond donors (Lipinski definition) is 1. The van der Waals surface area contributed by atoms with E-state index in [9.17, 15) is 4.79 Å². The lowest BCUT2D eigenvalue weighted by atomic mass is 10.1. The fraction of sp³-hybridized carbons (Fsp3) is 0.520. The molecule has 0 aliphatic carbocycles. The molecule has 0 spiro atoms. The highest BCUT2D eigenvalue weighted by Gasteiger charge is 2.26. The van der Waals surface area contributed by atoms with Gasteiger partial charge in [0.25, 0.3) is 0 Å². The first-order chi connectivity index (χ1) is 16.3. The van der Waals surface area contributed by atoms with Crippen molar-refractivity contribution in [1.82, 2.24) is 14.9 Å². The number of allylic oxidation sites excluding steroid dienone is 1. The average molecular weight is 467 g/mol. The first-order valence-electron chi connectivity index (χ1n) is 11.9. The quantitative estimate of drug-likeness (QED) is 0.690. The molecule has 2 aliphatic heterocycles. The highest BCUT2D eigenvalue weighted by atomic mass is 16.6. The Hall–Kier alpha value is -3.20. The predicted molar refractivity (Wildman–Crippen MR) is 134 cm³/mol. The smallest absolute Gasteiger partial charge is 0.410 e. The maximum Gasteiger partial charge on any atom is 0.410 e. The average Bonchev–Trinajstić information content (AvgIpc) is 2.84. The third-order valence-electron chi connectivity index (χ3n) is 5.92. The largest absolute Gasteiger partial charge is 0.444 e. The summed E-state index contributed by atoms with van der Waals surface area (Å²) in [6.45, 7) is 9.94. The van der Waals surface area contributed by atoms with Gasteiger partial charge in [0.05, 0.1) is 42.4 Å². The minimum Gasteiger partial charge on any atom is -0.444 e. The predicted octanol–water partition coefficient (Wildman–Crippen LogP) is 3.24. The minimum atomic E-state index is -0.491. The number of hydrogen-bond acceptors (Lipinski definition) is 8. The van der Waals surface area contributed by atoms with E-state index in [0.717, 1.165) is 48.2 Å². The van der Waals surface area contributed by atoms with Crippen molar-refractivity contribution < 1.29 is 14.3 Å². The molecule has 2 N–H and O–H groups in total. The van der Waals surface area contributed by atoms with Crippen molar-refractivity contribution in [2.75, 3.05) is 44.3 Å². The summed E-state index contributed by atoms with van der Waals surface area (Å²) < 4.78 is 11.0. The Morgan fingerprint density at radius 1 is 1.21 bits per heavy atom. The number of aromatic nitrogens is 2. The van der Waals surface area contributed by atoms with E-state index in [0.29, 0.717) is 32.0 Å². The van der Waals surface area contributed by atoms with Crippen molar-refractivity contribution in [2.24, 2.45) is 10.7 Å². The number of rotatable bonds is 4. The molecule has 182 valence electrons. The molecule has 3 heterocycles. The number of likely N-dealkylation sites (tertiary alicyclic amines) is 1. The van der Waals surface area contributed by atoms with Crippen molar-refractivity contribution in [2.45, 2.75) is 45.3 Å². The van der Waals surface area contributed by atoms with Crippen molar-refractivity contribution >= 4 is 34.6 Å². The van der Waals surface area contributed by atoms with Crippen LogP contribution in [0.5, 0.6) is 0 Å². The number of nitrogens with zero attached hydrogens (tertiary/aromatic N) is 5. The summed E-state index contributed by atoms with van der Waals surface area (Å²) in [5.41, 5.74) is 9.61. The van der Waals surface area contributed by atoms with Crippen LogP contribution in [0.4, 0.5) is 10.5 Å². The van der Waals surface area contributed by atoms with Gasteiger partial charge < -0.3 is 25.0 Å². The third kappa shape index (κ3) is 5.83. The van der Waals surface area contributed by atoms with E-state index in [2.05, 4.69) is 16.0 Å². The molecule has 34 heavy (non-hydrogen) atoms. The number of amides is 1. The summed E-state index contributed by atoms with van der Waals surface area (Å²) in [7, 11) is 0.